The Kier molecular flexibility index (Phi) is 5.17. The fraction of sp³-hybridized carbons (Fsp3) is 0.211. The molecule has 12 heteroatoms. The second-order valence-corrected chi connectivity index (χ2v) is 7.66. The fourth-order valence-corrected chi connectivity index (χ4v) is 3.74. The molecule has 1 atom stereocenters. The molecule has 31 heavy (non-hydrogen) atoms. The van der Waals surface area contributed by atoms with Crippen molar-refractivity contribution in [2.75, 3.05) is 0 Å². The van der Waals surface area contributed by atoms with Gasteiger partial charge in [-0.15, -0.1) is 0 Å². The number of rotatable bonds is 3. The van der Waals surface area contributed by atoms with Crippen LogP contribution >= 0.6 is 0 Å². The highest BCUT2D eigenvalue weighted by molar-refractivity contribution is 7.68. The summed E-state index contributed by atoms with van der Waals surface area (Å²) >= 11 is 0.382. The summed E-state index contributed by atoms with van der Waals surface area (Å²) in [5.41, 5.74) is 1.53. The van der Waals surface area contributed by atoms with Crippen molar-refractivity contribution in [1.82, 2.24) is 15.0 Å². The van der Waals surface area contributed by atoms with Crippen LogP contribution in [0.4, 0.5) is 13.2 Å². The molecule has 2 aliphatic rings. The summed E-state index contributed by atoms with van der Waals surface area (Å²) in [6, 6.07) is 6.06. The zero-order valence-corrected chi connectivity index (χ0v) is 17.0. The highest BCUT2D eigenvalue weighted by Gasteiger charge is 2.42. The number of carbonyl (C=O) groups excluding carboxylic acids is 2. The lowest BCUT2D eigenvalue weighted by Crippen LogP contribution is -2.37. The molecule has 0 fully saturated rings. The van der Waals surface area contributed by atoms with Gasteiger partial charge in [-0.05, 0) is 43.7 Å². The standard InChI is InChI=1S/C19H14F3N5O3S/c1-9-4-3-5-12(6-9)31-26-16(28)14-17(29)27-10(2)7-11(8-13(27)23-14)15-24-18(30-25-15)19(20,21)22/h3-8,14,31H,1-2H3. The molecule has 1 unspecified atom stereocenters. The Labute approximate surface area is 177 Å². The van der Waals surface area contributed by atoms with Gasteiger partial charge in [-0.3, -0.25) is 14.5 Å². The normalized spacial score (nSPS) is 19.0. The molecule has 2 amide bonds. The number of nitrogens with zero attached hydrogens (tertiary/aromatic N) is 5. The quantitative estimate of drug-likeness (QED) is 0.574. The summed E-state index contributed by atoms with van der Waals surface area (Å²) in [5.74, 6) is -2.99. The van der Waals surface area contributed by atoms with Gasteiger partial charge < -0.3 is 4.52 Å². The van der Waals surface area contributed by atoms with Crippen LogP contribution in [0.5, 0.6) is 0 Å². The molecule has 0 radical (unpaired) electrons. The van der Waals surface area contributed by atoms with Crippen LogP contribution in [-0.4, -0.2) is 38.7 Å². The molecule has 1 aromatic carbocycles. The Morgan fingerprint density at radius 2 is 2.03 bits per heavy atom. The molecule has 8 nitrogen and oxygen atoms in total. The zero-order valence-electron chi connectivity index (χ0n) is 16.1. The molecular formula is C19H14F3N5O3S. The van der Waals surface area contributed by atoms with Crippen molar-refractivity contribution in [2.24, 2.45) is 9.36 Å². The highest BCUT2D eigenvalue weighted by atomic mass is 32.1. The van der Waals surface area contributed by atoms with Gasteiger partial charge in [-0.1, -0.05) is 28.8 Å². The molecule has 0 spiro atoms. The van der Waals surface area contributed by atoms with Crippen LogP contribution in [0.25, 0.3) is 5.57 Å². The van der Waals surface area contributed by atoms with E-state index in [1.54, 1.807) is 13.0 Å². The molecule has 0 saturated carbocycles. The monoisotopic (exact) mass is 449 g/mol. The molecule has 2 aromatic rings. The van der Waals surface area contributed by atoms with Crippen molar-refractivity contribution in [3.63, 3.8) is 0 Å². The van der Waals surface area contributed by atoms with Crippen LogP contribution in [0.15, 0.2) is 60.9 Å². The number of aryl methyl sites for hydroxylation is 1. The van der Waals surface area contributed by atoms with Crippen LogP contribution in [0.1, 0.15) is 24.2 Å². The van der Waals surface area contributed by atoms with E-state index in [9.17, 15) is 22.8 Å². The summed E-state index contributed by atoms with van der Waals surface area (Å²) < 4.78 is 46.3. The van der Waals surface area contributed by atoms with Crippen LogP contribution in [0.2, 0.25) is 0 Å². The minimum Gasteiger partial charge on any atom is -0.329 e. The van der Waals surface area contributed by atoms with E-state index in [1.165, 1.54) is 17.1 Å². The van der Waals surface area contributed by atoms with Crippen molar-refractivity contribution >= 4 is 34.8 Å². The van der Waals surface area contributed by atoms with Gasteiger partial charge in [0.1, 0.15) is 5.84 Å². The number of allylic oxidation sites excluding steroid dienone is 3. The molecule has 160 valence electrons. The van der Waals surface area contributed by atoms with E-state index < -0.39 is 29.9 Å². The first kappa shape index (κ1) is 20.8. The molecule has 0 aliphatic carbocycles. The maximum Gasteiger partial charge on any atom is 0.471 e. The van der Waals surface area contributed by atoms with Gasteiger partial charge in [0.05, 0.1) is 0 Å². The first-order valence-corrected chi connectivity index (χ1v) is 9.73. The SMILES string of the molecule is CC1=CC(c2noc(C(F)(F)F)n2)=CC2=NC(C(=O)N=[SH]c3cccc(C)c3)C(=O)N12. The Morgan fingerprint density at radius 1 is 1.26 bits per heavy atom. The lowest BCUT2D eigenvalue weighted by atomic mass is 10.1. The van der Waals surface area contributed by atoms with Crippen molar-refractivity contribution in [2.45, 2.75) is 31.0 Å². The first-order chi connectivity index (χ1) is 14.6. The lowest BCUT2D eigenvalue weighted by molar-refractivity contribution is -0.159. The van der Waals surface area contributed by atoms with E-state index in [4.69, 9.17) is 0 Å². The summed E-state index contributed by atoms with van der Waals surface area (Å²) in [6.45, 7) is 3.46. The van der Waals surface area contributed by atoms with Gasteiger partial charge in [0.25, 0.3) is 11.8 Å². The molecule has 4 rings (SSSR count). The number of alkyl halides is 3. The third-order valence-corrected chi connectivity index (χ3v) is 5.18. The Bertz CT molecular complexity index is 1210. The topological polar surface area (TPSA) is 101 Å². The number of thiol groups is 1. The average Bonchev–Trinajstić information content (AvgIpc) is 3.32. The number of amides is 2. The molecule has 0 bridgehead atoms. The van der Waals surface area contributed by atoms with E-state index >= 15 is 0 Å². The predicted molar refractivity (Wildman–Crippen MR) is 105 cm³/mol. The van der Waals surface area contributed by atoms with Gasteiger partial charge in [-0.2, -0.15) is 22.5 Å². The molecule has 0 N–H and O–H groups in total. The van der Waals surface area contributed by atoms with Crippen molar-refractivity contribution in [3.05, 3.63) is 59.4 Å². The van der Waals surface area contributed by atoms with Crippen molar-refractivity contribution in [1.29, 1.82) is 0 Å². The zero-order chi connectivity index (χ0) is 22.3. The van der Waals surface area contributed by atoms with Crippen LogP contribution in [-0.2, 0) is 27.3 Å². The van der Waals surface area contributed by atoms with Gasteiger partial charge in [-0.25, -0.2) is 4.99 Å². The van der Waals surface area contributed by atoms with Crippen LogP contribution in [0, 0.1) is 6.92 Å². The number of benzene rings is 1. The molecule has 2 aliphatic heterocycles. The first-order valence-electron chi connectivity index (χ1n) is 8.89. The van der Waals surface area contributed by atoms with E-state index in [0.29, 0.717) is 17.3 Å². The lowest BCUT2D eigenvalue weighted by Gasteiger charge is -2.21. The molecule has 0 saturated heterocycles. The third kappa shape index (κ3) is 4.10. The van der Waals surface area contributed by atoms with E-state index in [1.807, 2.05) is 25.1 Å². The molecular weight excluding hydrogens is 435 g/mol. The van der Waals surface area contributed by atoms with E-state index in [2.05, 4.69) is 24.0 Å². The Morgan fingerprint density at radius 3 is 2.71 bits per heavy atom. The number of hydrogen-bond acceptors (Lipinski definition) is 6. The number of aliphatic imine (C=N–C) groups is 1. The maximum absolute atomic E-state index is 12.7. The number of carbonyl (C=O) groups is 2. The van der Waals surface area contributed by atoms with E-state index in [-0.39, 0.29) is 17.2 Å². The van der Waals surface area contributed by atoms with Crippen LogP contribution < -0.4 is 0 Å². The third-order valence-electron chi connectivity index (χ3n) is 4.37. The number of aromatic nitrogens is 2. The fourth-order valence-electron chi connectivity index (χ4n) is 3.00. The highest BCUT2D eigenvalue weighted by Crippen LogP contribution is 2.31. The van der Waals surface area contributed by atoms with Crippen LogP contribution in [0.3, 0.4) is 0 Å². The predicted octanol–water partition coefficient (Wildman–Crippen LogP) is 2.89. The van der Waals surface area contributed by atoms with E-state index in [0.717, 1.165) is 10.5 Å². The number of fused-ring (bicyclic) bond motifs is 1. The van der Waals surface area contributed by atoms with Crippen molar-refractivity contribution < 1.29 is 27.3 Å². The summed E-state index contributed by atoms with van der Waals surface area (Å²) in [4.78, 5) is 34.6. The Hall–Kier alpha value is -3.41. The van der Waals surface area contributed by atoms with Gasteiger partial charge >= 0.3 is 12.1 Å². The summed E-state index contributed by atoms with van der Waals surface area (Å²) in [7, 11) is 0. The summed E-state index contributed by atoms with van der Waals surface area (Å²) in [5, 5.41) is 3.33. The smallest absolute Gasteiger partial charge is 0.329 e. The second kappa shape index (κ2) is 7.69. The minimum absolute atomic E-state index is 0.0964. The molecule has 3 heterocycles. The largest absolute Gasteiger partial charge is 0.471 e. The summed E-state index contributed by atoms with van der Waals surface area (Å²) in [6.07, 6.45) is -2.04. The van der Waals surface area contributed by atoms with Gasteiger partial charge in [0, 0.05) is 16.2 Å². The maximum atomic E-state index is 12.7. The minimum atomic E-state index is -4.78. The van der Waals surface area contributed by atoms with Gasteiger partial charge in [0.2, 0.25) is 11.9 Å². The number of amidine groups is 1. The second-order valence-electron chi connectivity index (χ2n) is 6.75. The van der Waals surface area contributed by atoms with Crippen molar-refractivity contribution in [3.8, 4) is 0 Å². The Balaban J connectivity index is 1.60. The van der Waals surface area contributed by atoms with Gasteiger partial charge in [0.15, 0.2) is 0 Å². The number of hydrogen-bond donors (Lipinski definition) is 1. The average molecular weight is 449 g/mol. The molecule has 1 aromatic heterocycles. The number of halogens is 3.